The molecule has 0 aliphatic carbocycles. The maximum Gasteiger partial charge on any atom is 0.241 e. The topological polar surface area (TPSA) is 95.6 Å². The van der Waals surface area contributed by atoms with Gasteiger partial charge in [0.2, 0.25) is 21.8 Å². The van der Waals surface area contributed by atoms with Crippen molar-refractivity contribution in [3.05, 3.63) is 0 Å². The fraction of sp³-hybridized carbons (Fsp3) is 0.833. The molecule has 0 bridgehead atoms. The van der Waals surface area contributed by atoms with Gasteiger partial charge in [-0.05, 0) is 18.8 Å². The zero-order valence-electron chi connectivity index (χ0n) is 12.2. The van der Waals surface area contributed by atoms with Crippen LogP contribution in [0.1, 0.15) is 33.1 Å². The number of carbonyl (C=O) groups is 2. The quantitative estimate of drug-likeness (QED) is 0.706. The van der Waals surface area contributed by atoms with E-state index in [9.17, 15) is 18.0 Å². The molecule has 7 nitrogen and oxygen atoms in total. The third-order valence-electron chi connectivity index (χ3n) is 3.21. The van der Waals surface area contributed by atoms with Crippen LogP contribution in [0.4, 0.5) is 0 Å². The van der Waals surface area contributed by atoms with Crippen LogP contribution in [0.3, 0.4) is 0 Å². The molecular formula is C12H23N3O4S. The summed E-state index contributed by atoms with van der Waals surface area (Å²) in [5.41, 5.74) is 4.79. The van der Waals surface area contributed by atoms with E-state index >= 15 is 0 Å². The van der Waals surface area contributed by atoms with Gasteiger partial charge in [-0.25, -0.2) is 12.7 Å². The van der Waals surface area contributed by atoms with E-state index in [1.165, 1.54) is 10.6 Å². The monoisotopic (exact) mass is 305 g/mol. The lowest BCUT2D eigenvalue weighted by Crippen LogP contribution is -2.48. The average molecular weight is 305 g/mol. The molecule has 0 radical (unpaired) electrons. The molecule has 1 aliphatic heterocycles. The average Bonchev–Trinajstić information content (AvgIpc) is 2.34. The summed E-state index contributed by atoms with van der Waals surface area (Å²) in [6.45, 7) is 4.53. The Morgan fingerprint density at radius 1 is 1.20 bits per heavy atom. The highest BCUT2D eigenvalue weighted by atomic mass is 32.2. The van der Waals surface area contributed by atoms with Gasteiger partial charge in [0.25, 0.3) is 0 Å². The second kappa shape index (κ2) is 7.03. The predicted octanol–water partition coefficient (Wildman–Crippen LogP) is -0.148. The highest BCUT2D eigenvalue weighted by molar-refractivity contribution is 7.88. The molecule has 0 atom stereocenters. The summed E-state index contributed by atoms with van der Waals surface area (Å²) in [6, 6.07) is 0. The maximum atomic E-state index is 11.9. The zero-order chi connectivity index (χ0) is 15.3. The number of carbonyl (C=O) groups excluding carboxylic acids is 2. The van der Waals surface area contributed by atoms with Gasteiger partial charge < -0.3 is 0 Å². The molecule has 20 heavy (non-hydrogen) atoms. The lowest BCUT2D eigenvalue weighted by atomic mass is 9.98. The minimum atomic E-state index is -3.18. The van der Waals surface area contributed by atoms with Gasteiger partial charge in [0.1, 0.15) is 0 Å². The highest BCUT2D eigenvalue weighted by Gasteiger charge is 2.28. The van der Waals surface area contributed by atoms with E-state index in [-0.39, 0.29) is 23.7 Å². The van der Waals surface area contributed by atoms with E-state index in [4.69, 9.17) is 0 Å². The van der Waals surface area contributed by atoms with Crippen molar-refractivity contribution in [2.45, 2.75) is 33.1 Å². The Morgan fingerprint density at radius 2 is 1.75 bits per heavy atom. The van der Waals surface area contributed by atoms with Gasteiger partial charge >= 0.3 is 0 Å². The number of rotatable bonds is 4. The third kappa shape index (κ3) is 5.46. The van der Waals surface area contributed by atoms with Gasteiger partial charge in [0.05, 0.1) is 6.26 Å². The van der Waals surface area contributed by atoms with Crippen molar-refractivity contribution >= 4 is 21.8 Å². The van der Waals surface area contributed by atoms with Crippen molar-refractivity contribution in [1.82, 2.24) is 15.2 Å². The first-order chi connectivity index (χ1) is 9.20. The van der Waals surface area contributed by atoms with Crippen molar-refractivity contribution in [1.29, 1.82) is 0 Å². The molecular weight excluding hydrogens is 282 g/mol. The van der Waals surface area contributed by atoms with E-state index in [0.29, 0.717) is 32.4 Å². The number of nitrogens with one attached hydrogen (secondary N) is 2. The van der Waals surface area contributed by atoms with E-state index in [1.807, 2.05) is 13.8 Å². The van der Waals surface area contributed by atoms with Crippen molar-refractivity contribution in [2.24, 2.45) is 11.8 Å². The summed E-state index contributed by atoms with van der Waals surface area (Å²) in [5, 5.41) is 0. The number of piperidine rings is 1. The molecule has 1 aliphatic rings. The smallest absolute Gasteiger partial charge is 0.241 e. The molecule has 1 fully saturated rings. The number of hydrogen-bond acceptors (Lipinski definition) is 4. The molecule has 8 heteroatoms. The molecule has 116 valence electrons. The minimum Gasteiger partial charge on any atom is -0.273 e. The summed E-state index contributed by atoms with van der Waals surface area (Å²) in [4.78, 5) is 23.3. The van der Waals surface area contributed by atoms with Crippen LogP contribution in [0.15, 0.2) is 0 Å². The maximum absolute atomic E-state index is 11.9. The fourth-order valence-electron chi connectivity index (χ4n) is 2.10. The molecule has 2 amide bonds. The lowest BCUT2D eigenvalue weighted by molar-refractivity contribution is -0.132. The lowest BCUT2D eigenvalue weighted by Gasteiger charge is -2.29. The van der Waals surface area contributed by atoms with Crippen LogP contribution in [0.5, 0.6) is 0 Å². The largest absolute Gasteiger partial charge is 0.273 e. The van der Waals surface area contributed by atoms with Crippen molar-refractivity contribution in [2.75, 3.05) is 19.3 Å². The van der Waals surface area contributed by atoms with E-state index in [0.717, 1.165) is 0 Å². The van der Waals surface area contributed by atoms with Crippen LogP contribution in [-0.2, 0) is 19.6 Å². The summed E-state index contributed by atoms with van der Waals surface area (Å²) < 4.78 is 24.1. The van der Waals surface area contributed by atoms with Gasteiger partial charge in [0, 0.05) is 25.4 Å². The molecule has 2 N–H and O–H groups in total. The van der Waals surface area contributed by atoms with Crippen LogP contribution in [0, 0.1) is 11.8 Å². The fourth-order valence-corrected chi connectivity index (χ4v) is 2.98. The van der Waals surface area contributed by atoms with Crippen molar-refractivity contribution < 1.29 is 18.0 Å². The Morgan fingerprint density at radius 3 is 2.20 bits per heavy atom. The van der Waals surface area contributed by atoms with Crippen LogP contribution >= 0.6 is 0 Å². The Kier molecular flexibility index (Phi) is 5.94. The molecule has 1 saturated heterocycles. The normalized spacial score (nSPS) is 18.0. The Labute approximate surface area is 120 Å². The number of hydrogen-bond donors (Lipinski definition) is 2. The summed E-state index contributed by atoms with van der Waals surface area (Å²) in [6.07, 6.45) is 2.46. The highest BCUT2D eigenvalue weighted by Crippen LogP contribution is 2.18. The molecule has 0 aromatic carbocycles. The SMILES string of the molecule is CC(C)CC(=O)NNC(=O)C1CCN(S(C)(=O)=O)CC1. The van der Waals surface area contributed by atoms with Crippen molar-refractivity contribution in [3.63, 3.8) is 0 Å². The summed E-state index contributed by atoms with van der Waals surface area (Å²) in [5.74, 6) is -0.505. The van der Waals surface area contributed by atoms with E-state index in [1.54, 1.807) is 0 Å². The second-order valence-electron chi connectivity index (χ2n) is 5.57. The number of hydrazine groups is 1. The number of sulfonamides is 1. The third-order valence-corrected chi connectivity index (χ3v) is 4.52. The molecule has 1 heterocycles. The molecule has 0 spiro atoms. The Hall–Kier alpha value is -1.15. The minimum absolute atomic E-state index is 0.220. The van der Waals surface area contributed by atoms with Gasteiger partial charge in [-0.3, -0.25) is 20.4 Å². The summed E-state index contributed by atoms with van der Waals surface area (Å²) in [7, 11) is -3.18. The van der Waals surface area contributed by atoms with Crippen LogP contribution in [0.25, 0.3) is 0 Å². The van der Waals surface area contributed by atoms with Crippen LogP contribution < -0.4 is 10.9 Å². The van der Waals surface area contributed by atoms with Gasteiger partial charge in [0.15, 0.2) is 0 Å². The van der Waals surface area contributed by atoms with Crippen LogP contribution in [-0.4, -0.2) is 43.9 Å². The molecule has 0 aromatic heterocycles. The molecule has 1 rings (SSSR count). The van der Waals surface area contributed by atoms with E-state index in [2.05, 4.69) is 10.9 Å². The Bertz CT molecular complexity index is 453. The van der Waals surface area contributed by atoms with Crippen LogP contribution in [0.2, 0.25) is 0 Å². The van der Waals surface area contributed by atoms with Gasteiger partial charge in [-0.15, -0.1) is 0 Å². The predicted molar refractivity (Wildman–Crippen MR) is 74.9 cm³/mol. The first-order valence-corrected chi connectivity index (χ1v) is 8.58. The number of amides is 2. The molecule has 0 unspecified atom stereocenters. The zero-order valence-corrected chi connectivity index (χ0v) is 13.0. The first-order valence-electron chi connectivity index (χ1n) is 6.74. The first kappa shape index (κ1) is 16.9. The van der Waals surface area contributed by atoms with Gasteiger partial charge in [-0.1, -0.05) is 13.8 Å². The van der Waals surface area contributed by atoms with E-state index < -0.39 is 10.0 Å². The second-order valence-corrected chi connectivity index (χ2v) is 7.55. The van der Waals surface area contributed by atoms with Crippen molar-refractivity contribution in [3.8, 4) is 0 Å². The molecule has 0 aromatic rings. The number of nitrogens with zero attached hydrogens (tertiary/aromatic N) is 1. The molecule has 0 saturated carbocycles. The van der Waals surface area contributed by atoms with Gasteiger partial charge in [-0.2, -0.15) is 0 Å². The summed E-state index contributed by atoms with van der Waals surface area (Å²) >= 11 is 0. The standard InChI is InChI=1S/C12H23N3O4S/c1-9(2)8-11(16)13-14-12(17)10-4-6-15(7-5-10)20(3,18)19/h9-10H,4-8H2,1-3H3,(H,13,16)(H,14,17). The Balaban J connectivity index is 2.35.